The second-order valence-corrected chi connectivity index (χ2v) is 7.17. The Hall–Kier alpha value is -0.200. The molecular formula is C11H20N4S2. The second-order valence-electron chi connectivity index (χ2n) is 4.39. The molecule has 0 aliphatic carbocycles. The average Bonchev–Trinajstić information content (AvgIpc) is 2.73. The van der Waals surface area contributed by atoms with Crippen LogP contribution < -0.4 is 5.32 Å². The predicted molar refractivity (Wildman–Crippen MR) is 75.7 cm³/mol. The third-order valence-electron chi connectivity index (χ3n) is 3.08. The Kier molecular flexibility index (Phi) is 4.76. The Morgan fingerprint density at radius 3 is 2.88 bits per heavy atom. The van der Waals surface area contributed by atoms with Gasteiger partial charge in [0.05, 0.1) is 5.69 Å². The fraction of sp³-hybridized carbons (Fsp3) is 0.818. The summed E-state index contributed by atoms with van der Waals surface area (Å²) in [6.45, 7) is 2.34. The van der Waals surface area contributed by atoms with Gasteiger partial charge in [-0.1, -0.05) is 12.1 Å². The predicted octanol–water partition coefficient (Wildman–Crippen LogP) is 1.18. The lowest BCUT2D eigenvalue weighted by Gasteiger charge is -2.34. The van der Waals surface area contributed by atoms with E-state index >= 15 is 0 Å². The van der Waals surface area contributed by atoms with E-state index in [4.69, 9.17) is 0 Å². The zero-order chi connectivity index (χ0) is 12.3. The van der Waals surface area contributed by atoms with Gasteiger partial charge in [-0.25, -0.2) is 0 Å². The van der Waals surface area contributed by atoms with Crippen LogP contribution in [0.25, 0.3) is 0 Å². The molecular weight excluding hydrogens is 252 g/mol. The molecule has 1 saturated heterocycles. The van der Waals surface area contributed by atoms with Crippen LogP contribution in [0.5, 0.6) is 0 Å². The number of nitrogens with zero attached hydrogens (tertiary/aromatic N) is 3. The van der Waals surface area contributed by atoms with Crippen LogP contribution in [-0.4, -0.2) is 50.1 Å². The fourth-order valence-corrected chi connectivity index (χ4v) is 5.19. The van der Waals surface area contributed by atoms with Crippen molar-refractivity contribution in [1.82, 2.24) is 20.3 Å². The van der Waals surface area contributed by atoms with Crippen molar-refractivity contribution in [3.63, 3.8) is 0 Å². The van der Waals surface area contributed by atoms with Crippen molar-refractivity contribution in [2.75, 3.05) is 18.6 Å². The van der Waals surface area contributed by atoms with Gasteiger partial charge in [0.25, 0.3) is 0 Å². The van der Waals surface area contributed by atoms with E-state index in [1.807, 2.05) is 20.3 Å². The van der Waals surface area contributed by atoms with E-state index in [0.29, 0.717) is 16.5 Å². The molecule has 0 aromatic carbocycles. The zero-order valence-corrected chi connectivity index (χ0v) is 12.2. The molecule has 1 aromatic heterocycles. The maximum Gasteiger partial charge on any atom is 0.0842 e. The van der Waals surface area contributed by atoms with Crippen molar-refractivity contribution in [2.24, 2.45) is 7.05 Å². The van der Waals surface area contributed by atoms with Crippen molar-refractivity contribution in [1.29, 1.82) is 0 Å². The summed E-state index contributed by atoms with van der Waals surface area (Å²) in [6.07, 6.45) is 2.97. The largest absolute Gasteiger partial charge is 0.315 e. The third kappa shape index (κ3) is 3.39. The van der Waals surface area contributed by atoms with Gasteiger partial charge in [0.2, 0.25) is 0 Å². The SMILES string of the molecule is CNC(Cc1cn(C)nn1)C1SCCSC1C. The molecule has 0 saturated carbocycles. The quantitative estimate of drug-likeness (QED) is 0.891. The molecule has 1 N–H and O–H groups in total. The molecule has 0 bridgehead atoms. The van der Waals surface area contributed by atoms with Crippen molar-refractivity contribution in [3.05, 3.63) is 11.9 Å². The highest BCUT2D eigenvalue weighted by molar-refractivity contribution is 8.07. The minimum atomic E-state index is 0.486. The Balaban J connectivity index is 2.00. The van der Waals surface area contributed by atoms with E-state index in [2.05, 4.69) is 46.1 Å². The molecule has 4 nitrogen and oxygen atoms in total. The smallest absolute Gasteiger partial charge is 0.0842 e. The van der Waals surface area contributed by atoms with Crippen LogP contribution in [0.4, 0.5) is 0 Å². The molecule has 2 rings (SSSR count). The summed E-state index contributed by atoms with van der Waals surface area (Å²) in [5.41, 5.74) is 1.08. The number of rotatable bonds is 4. The average molecular weight is 272 g/mol. The summed E-state index contributed by atoms with van der Waals surface area (Å²) in [6, 6.07) is 0.486. The summed E-state index contributed by atoms with van der Waals surface area (Å²) >= 11 is 4.18. The van der Waals surface area contributed by atoms with Crippen LogP contribution >= 0.6 is 23.5 Å². The maximum absolute atomic E-state index is 4.18. The first-order valence-corrected chi connectivity index (χ1v) is 8.06. The first-order chi connectivity index (χ1) is 8.20. The number of hydrogen-bond donors (Lipinski definition) is 1. The normalized spacial score (nSPS) is 27.0. The number of thioether (sulfide) groups is 2. The van der Waals surface area contributed by atoms with Crippen LogP contribution in [0, 0.1) is 0 Å². The van der Waals surface area contributed by atoms with Gasteiger partial charge in [-0.2, -0.15) is 23.5 Å². The zero-order valence-electron chi connectivity index (χ0n) is 10.6. The lowest BCUT2D eigenvalue weighted by atomic mass is 10.1. The Labute approximate surface area is 111 Å². The van der Waals surface area contributed by atoms with E-state index in [9.17, 15) is 0 Å². The van der Waals surface area contributed by atoms with Gasteiger partial charge in [-0.3, -0.25) is 4.68 Å². The number of hydrogen-bond acceptors (Lipinski definition) is 5. The maximum atomic E-state index is 4.18. The molecule has 1 aromatic rings. The highest BCUT2D eigenvalue weighted by Crippen LogP contribution is 2.33. The van der Waals surface area contributed by atoms with E-state index in [1.54, 1.807) is 4.68 Å². The molecule has 1 aliphatic rings. The fourth-order valence-electron chi connectivity index (χ4n) is 2.19. The van der Waals surface area contributed by atoms with Crippen LogP contribution in [0.3, 0.4) is 0 Å². The van der Waals surface area contributed by atoms with Gasteiger partial charge >= 0.3 is 0 Å². The number of likely N-dealkylation sites (N-methyl/N-ethyl adjacent to an activating group) is 1. The van der Waals surface area contributed by atoms with Crippen LogP contribution in [0.15, 0.2) is 6.20 Å². The van der Waals surface area contributed by atoms with Gasteiger partial charge in [0, 0.05) is 47.7 Å². The molecule has 0 amide bonds. The molecule has 3 atom stereocenters. The van der Waals surface area contributed by atoms with Gasteiger partial charge in [-0.15, -0.1) is 5.10 Å². The molecule has 0 spiro atoms. The van der Waals surface area contributed by atoms with Gasteiger partial charge in [0.15, 0.2) is 0 Å². The van der Waals surface area contributed by atoms with Crippen molar-refractivity contribution >= 4 is 23.5 Å². The Morgan fingerprint density at radius 1 is 1.53 bits per heavy atom. The van der Waals surface area contributed by atoms with E-state index in [-0.39, 0.29) is 0 Å². The minimum Gasteiger partial charge on any atom is -0.315 e. The number of aryl methyl sites for hydroxylation is 1. The molecule has 2 heterocycles. The molecule has 96 valence electrons. The standard InChI is InChI=1S/C11H20N4S2/c1-8-11(17-5-4-16-8)10(12-2)6-9-7-15(3)14-13-9/h7-8,10-12H,4-6H2,1-3H3. The van der Waals surface area contributed by atoms with Crippen molar-refractivity contribution < 1.29 is 0 Å². The number of nitrogens with one attached hydrogen (secondary N) is 1. The first kappa shape index (κ1) is 13.2. The second kappa shape index (κ2) is 6.11. The molecule has 0 radical (unpaired) electrons. The highest BCUT2D eigenvalue weighted by atomic mass is 32.2. The lowest BCUT2D eigenvalue weighted by molar-refractivity contribution is 0.525. The van der Waals surface area contributed by atoms with Crippen molar-refractivity contribution in [3.8, 4) is 0 Å². The molecule has 3 unspecified atom stereocenters. The van der Waals surface area contributed by atoms with Crippen molar-refractivity contribution in [2.45, 2.75) is 29.9 Å². The summed E-state index contributed by atoms with van der Waals surface area (Å²) in [5.74, 6) is 2.54. The van der Waals surface area contributed by atoms with E-state index in [0.717, 1.165) is 12.1 Å². The molecule has 1 fully saturated rings. The van der Waals surface area contributed by atoms with Crippen LogP contribution in [0.1, 0.15) is 12.6 Å². The Bertz CT molecular complexity index is 355. The topological polar surface area (TPSA) is 42.7 Å². The summed E-state index contributed by atoms with van der Waals surface area (Å²) in [7, 11) is 3.96. The number of aromatic nitrogens is 3. The summed E-state index contributed by atoms with van der Waals surface area (Å²) in [4.78, 5) is 0. The highest BCUT2D eigenvalue weighted by Gasteiger charge is 2.29. The minimum absolute atomic E-state index is 0.486. The van der Waals surface area contributed by atoms with Crippen LogP contribution in [-0.2, 0) is 13.5 Å². The third-order valence-corrected chi connectivity index (χ3v) is 6.33. The summed E-state index contributed by atoms with van der Waals surface area (Å²) in [5, 5.41) is 13.0. The lowest BCUT2D eigenvalue weighted by Crippen LogP contribution is -2.44. The monoisotopic (exact) mass is 272 g/mol. The van der Waals surface area contributed by atoms with E-state index < -0.39 is 0 Å². The molecule has 1 aliphatic heterocycles. The van der Waals surface area contributed by atoms with Gasteiger partial charge < -0.3 is 5.32 Å². The van der Waals surface area contributed by atoms with Gasteiger partial charge in [-0.05, 0) is 7.05 Å². The van der Waals surface area contributed by atoms with Gasteiger partial charge in [0.1, 0.15) is 0 Å². The molecule has 6 heteroatoms. The molecule has 17 heavy (non-hydrogen) atoms. The van der Waals surface area contributed by atoms with E-state index in [1.165, 1.54) is 11.5 Å². The van der Waals surface area contributed by atoms with Crippen LogP contribution in [0.2, 0.25) is 0 Å². The Morgan fingerprint density at radius 2 is 2.29 bits per heavy atom. The summed E-state index contributed by atoms with van der Waals surface area (Å²) < 4.78 is 1.77. The first-order valence-electron chi connectivity index (χ1n) is 5.96.